The maximum atomic E-state index is 5.71. The van der Waals surface area contributed by atoms with Gasteiger partial charge in [0.2, 0.25) is 0 Å². The fraction of sp³-hybridized carbons (Fsp3) is 1.00. The molecular formula is C17H35NO3. The molecule has 3 unspecified atom stereocenters. The van der Waals surface area contributed by atoms with Gasteiger partial charge in [-0.3, -0.25) is 0 Å². The summed E-state index contributed by atoms with van der Waals surface area (Å²) < 4.78 is 16.0. The first-order chi connectivity index (χ1) is 10.3. The van der Waals surface area contributed by atoms with Crippen LogP contribution in [0, 0.1) is 11.8 Å². The second kappa shape index (κ2) is 12.4. The topological polar surface area (TPSA) is 39.7 Å². The predicted molar refractivity (Wildman–Crippen MR) is 86.7 cm³/mol. The summed E-state index contributed by atoms with van der Waals surface area (Å²) in [6.07, 6.45) is 7.96. The van der Waals surface area contributed by atoms with E-state index in [1.54, 1.807) is 7.11 Å². The fourth-order valence-electron chi connectivity index (χ4n) is 3.43. The summed E-state index contributed by atoms with van der Waals surface area (Å²) in [4.78, 5) is 0. The van der Waals surface area contributed by atoms with Crippen molar-refractivity contribution in [2.24, 2.45) is 11.8 Å². The first-order valence-corrected chi connectivity index (χ1v) is 8.63. The molecule has 1 rings (SSSR count). The third-order valence-electron chi connectivity index (χ3n) is 4.60. The van der Waals surface area contributed by atoms with Crippen molar-refractivity contribution < 1.29 is 14.2 Å². The van der Waals surface area contributed by atoms with Crippen molar-refractivity contribution in [1.82, 2.24) is 5.32 Å². The number of nitrogens with one attached hydrogen (secondary N) is 1. The van der Waals surface area contributed by atoms with E-state index in [2.05, 4.69) is 19.3 Å². The molecular weight excluding hydrogens is 266 g/mol. The molecule has 0 bridgehead atoms. The lowest BCUT2D eigenvalue weighted by atomic mass is 9.75. The van der Waals surface area contributed by atoms with Gasteiger partial charge in [0.15, 0.2) is 0 Å². The van der Waals surface area contributed by atoms with Crippen molar-refractivity contribution in [2.75, 3.05) is 47.2 Å². The predicted octanol–water partition coefficient (Wildman–Crippen LogP) is 2.86. The van der Waals surface area contributed by atoms with Crippen molar-refractivity contribution in [3.05, 3.63) is 0 Å². The lowest BCUT2D eigenvalue weighted by Crippen LogP contribution is -2.39. The van der Waals surface area contributed by atoms with Gasteiger partial charge in [-0.05, 0) is 44.6 Å². The minimum Gasteiger partial charge on any atom is -0.382 e. The van der Waals surface area contributed by atoms with Crippen LogP contribution >= 0.6 is 0 Å². The minimum absolute atomic E-state index is 0.656. The van der Waals surface area contributed by atoms with Crippen LogP contribution in [0.25, 0.3) is 0 Å². The Hall–Kier alpha value is -0.160. The molecule has 3 atom stereocenters. The van der Waals surface area contributed by atoms with E-state index in [1.165, 1.54) is 38.5 Å². The summed E-state index contributed by atoms with van der Waals surface area (Å²) >= 11 is 0. The summed E-state index contributed by atoms with van der Waals surface area (Å²) in [6.45, 7) is 5.83. The normalized spacial score (nSPS) is 26.1. The second-order valence-electron chi connectivity index (χ2n) is 6.13. The van der Waals surface area contributed by atoms with Crippen LogP contribution in [0.15, 0.2) is 0 Å². The van der Waals surface area contributed by atoms with Crippen LogP contribution in [0.4, 0.5) is 0 Å². The SMILES string of the molecule is CCCC1CCC(NC)C(CCOCCOCCOC)C1. The highest BCUT2D eigenvalue weighted by Crippen LogP contribution is 2.33. The second-order valence-corrected chi connectivity index (χ2v) is 6.13. The maximum Gasteiger partial charge on any atom is 0.0701 e. The van der Waals surface area contributed by atoms with Crippen molar-refractivity contribution >= 4 is 0 Å². The first kappa shape index (κ1) is 18.9. The third-order valence-corrected chi connectivity index (χ3v) is 4.60. The molecule has 1 aliphatic rings. The Balaban J connectivity index is 2.09. The highest BCUT2D eigenvalue weighted by molar-refractivity contribution is 4.83. The van der Waals surface area contributed by atoms with E-state index in [1.807, 2.05) is 0 Å². The molecule has 4 nitrogen and oxygen atoms in total. The molecule has 0 radical (unpaired) electrons. The lowest BCUT2D eigenvalue weighted by molar-refractivity contribution is 0.0186. The van der Waals surface area contributed by atoms with E-state index in [0.29, 0.717) is 32.5 Å². The number of rotatable bonds is 12. The van der Waals surface area contributed by atoms with Crippen molar-refractivity contribution in [2.45, 2.75) is 51.5 Å². The molecule has 21 heavy (non-hydrogen) atoms. The van der Waals surface area contributed by atoms with Crippen molar-refractivity contribution in [3.63, 3.8) is 0 Å². The largest absolute Gasteiger partial charge is 0.382 e. The van der Waals surface area contributed by atoms with Gasteiger partial charge in [-0.2, -0.15) is 0 Å². The van der Waals surface area contributed by atoms with Gasteiger partial charge in [0.1, 0.15) is 0 Å². The van der Waals surface area contributed by atoms with Gasteiger partial charge in [-0.15, -0.1) is 0 Å². The van der Waals surface area contributed by atoms with Gasteiger partial charge >= 0.3 is 0 Å². The Kier molecular flexibility index (Phi) is 11.1. The smallest absolute Gasteiger partial charge is 0.0701 e. The van der Waals surface area contributed by atoms with Gasteiger partial charge in [-0.1, -0.05) is 19.8 Å². The molecule has 1 N–H and O–H groups in total. The average molecular weight is 301 g/mol. The first-order valence-electron chi connectivity index (χ1n) is 8.63. The Morgan fingerprint density at radius 3 is 2.33 bits per heavy atom. The lowest BCUT2D eigenvalue weighted by Gasteiger charge is -2.36. The molecule has 0 aromatic rings. The van der Waals surface area contributed by atoms with E-state index in [-0.39, 0.29) is 0 Å². The van der Waals surface area contributed by atoms with Gasteiger partial charge in [0.25, 0.3) is 0 Å². The standard InChI is InChI=1S/C17H35NO3/c1-4-5-15-6-7-17(18-2)16(14-15)8-9-20-12-13-21-11-10-19-3/h15-18H,4-14H2,1-3H3. The Morgan fingerprint density at radius 2 is 1.67 bits per heavy atom. The number of hydrogen-bond acceptors (Lipinski definition) is 4. The van der Waals surface area contributed by atoms with Crippen LogP contribution < -0.4 is 5.32 Å². The van der Waals surface area contributed by atoms with Gasteiger partial charge < -0.3 is 19.5 Å². The molecule has 126 valence electrons. The van der Waals surface area contributed by atoms with Gasteiger partial charge in [0, 0.05) is 19.8 Å². The van der Waals surface area contributed by atoms with Gasteiger partial charge in [0.05, 0.1) is 26.4 Å². The molecule has 0 aromatic carbocycles. The quantitative estimate of drug-likeness (QED) is 0.563. The minimum atomic E-state index is 0.656. The van der Waals surface area contributed by atoms with Crippen LogP contribution in [0.1, 0.15) is 45.4 Å². The monoisotopic (exact) mass is 301 g/mol. The number of ether oxygens (including phenoxy) is 3. The highest BCUT2D eigenvalue weighted by atomic mass is 16.5. The number of hydrogen-bond donors (Lipinski definition) is 1. The maximum absolute atomic E-state index is 5.71. The molecule has 0 saturated heterocycles. The molecule has 0 amide bonds. The fourth-order valence-corrected chi connectivity index (χ4v) is 3.43. The Labute approximate surface area is 130 Å². The molecule has 0 aromatic heterocycles. The van der Waals surface area contributed by atoms with Crippen molar-refractivity contribution in [1.29, 1.82) is 0 Å². The Morgan fingerprint density at radius 1 is 0.952 bits per heavy atom. The van der Waals surface area contributed by atoms with Crippen LogP contribution in [0.2, 0.25) is 0 Å². The summed E-state index contributed by atoms with van der Waals surface area (Å²) in [5.41, 5.74) is 0. The van der Waals surface area contributed by atoms with Crippen LogP contribution in [0.3, 0.4) is 0 Å². The van der Waals surface area contributed by atoms with E-state index < -0.39 is 0 Å². The number of methoxy groups -OCH3 is 1. The van der Waals surface area contributed by atoms with Crippen LogP contribution in [-0.2, 0) is 14.2 Å². The van der Waals surface area contributed by atoms with E-state index in [0.717, 1.165) is 18.4 Å². The molecule has 1 saturated carbocycles. The zero-order valence-corrected chi connectivity index (χ0v) is 14.2. The molecule has 4 heteroatoms. The molecule has 0 spiro atoms. The summed E-state index contributed by atoms with van der Waals surface area (Å²) in [7, 11) is 3.79. The zero-order chi connectivity index (χ0) is 15.3. The van der Waals surface area contributed by atoms with E-state index >= 15 is 0 Å². The zero-order valence-electron chi connectivity index (χ0n) is 14.2. The summed E-state index contributed by atoms with van der Waals surface area (Å²) in [5, 5.41) is 3.50. The van der Waals surface area contributed by atoms with E-state index in [4.69, 9.17) is 14.2 Å². The average Bonchev–Trinajstić information content (AvgIpc) is 2.50. The molecule has 1 aliphatic carbocycles. The highest BCUT2D eigenvalue weighted by Gasteiger charge is 2.28. The van der Waals surface area contributed by atoms with Gasteiger partial charge in [-0.25, -0.2) is 0 Å². The van der Waals surface area contributed by atoms with Crippen LogP contribution in [0.5, 0.6) is 0 Å². The van der Waals surface area contributed by atoms with Crippen molar-refractivity contribution in [3.8, 4) is 0 Å². The molecule has 0 aliphatic heterocycles. The Bertz CT molecular complexity index is 238. The van der Waals surface area contributed by atoms with Crippen LogP contribution in [-0.4, -0.2) is 53.2 Å². The summed E-state index contributed by atoms with van der Waals surface area (Å²) in [6, 6.07) is 0.680. The third kappa shape index (κ3) is 8.15. The molecule has 0 heterocycles. The molecule has 1 fully saturated rings. The van der Waals surface area contributed by atoms with E-state index in [9.17, 15) is 0 Å². The summed E-state index contributed by atoms with van der Waals surface area (Å²) in [5.74, 6) is 1.71.